The predicted molar refractivity (Wildman–Crippen MR) is 130 cm³/mol. The summed E-state index contributed by atoms with van der Waals surface area (Å²) in [5.74, 6) is -0.740. The molecule has 0 radical (unpaired) electrons. The molecule has 6 nitrogen and oxygen atoms in total. The van der Waals surface area contributed by atoms with Gasteiger partial charge in [-0.2, -0.15) is 13.2 Å². The van der Waals surface area contributed by atoms with Crippen LogP contribution in [0, 0.1) is 0 Å². The third-order valence-electron chi connectivity index (χ3n) is 3.67. The van der Waals surface area contributed by atoms with E-state index in [1.807, 2.05) is 19.3 Å². The number of hydrogen-bond acceptors (Lipinski definition) is 6. The molecule has 2 aromatic rings. The van der Waals surface area contributed by atoms with Crippen molar-refractivity contribution < 1.29 is 32.3 Å². The summed E-state index contributed by atoms with van der Waals surface area (Å²) in [7, 11) is 1.76. The number of allylic oxidation sites excluding steroid dienone is 2. The highest BCUT2D eigenvalue weighted by Crippen LogP contribution is 2.30. The molecule has 0 spiro atoms. The molecule has 0 saturated carbocycles. The number of benzene rings is 1. The summed E-state index contributed by atoms with van der Waals surface area (Å²) in [6.07, 6.45) is 1.31. The minimum atomic E-state index is -4.29. The number of halogens is 3. The lowest BCUT2D eigenvalue weighted by atomic mass is 10.1. The molecule has 0 atom stereocenters. The van der Waals surface area contributed by atoms with Crippen LogP contribution in [0.2, 0.25) is 0 Å². The van der Waals surface area contributed by atoms with Crippen LogP contribution in [-0.2, 0) is 11.0 Å². The van der Waals surface area contributed by atoms with E-state index in [0.29, 0.717) is 17.1 Å². The number of aldehydes is 1. The molecule has 34 heavy (non-hydrogen) atoms. The Kier molecular flexibility index (Phi) is 13.7. The Morgan fingerprint density at radius 3 is 2.21 bits per heavy atom. The molecule has 10 heteroatoms. The second-order valence-corrected chi connectivity index (χ2v) is 7.26. The zero-order valence-electron chi connectivity index (χ0n) is 19.3. The molecule has 1 aromatic heterocycles. The van der Waals surface area contributed by atoms with Gasteiger partial charge in [-0.05, 0) is 48.6 Å². The summed E-state index contributed by atoms with van der Waals surface area (Å²) >= 11 is 1.40. The summed E-state index contributed by atoms with van der Waals surface area (Å²) in [6, 6.07) is 5.11. The molecule has 184 valence electrons. The number of oxazole rings is 1. The van der Waals surface area contributed by atoms with Crippen LogP contribution in [0.25, 0.3) is 17.7 Å². The van der Waals surface area contributed by atoms with Crippen LogP contribution in [0.4, 0.5) is 13.2 Å². The summed E-state index contributed by atoms with van der Waals surface area (Å²) in [5, 5.41) is 13.6. The number of carboxylic acid groups (broad SMARTS) is 1. The molecule has 0 fully saturated rings. The van der Waals surface area contributed by atoms with Crippen molar-refractivity contribution in [3.05, 3.63) is 81.7 Å². The van der Waals surface area contributed by atoms with E-state index in [9.17, 15) is 18.0 Å². The van der Waals surface area contributed by atoms with Gasteiger partial charge in [0, 0.05) is 14.0 Å². The number of carboxylic acids is 1. The normalized spacial score (nSPS) is 12.0. The van der Waals surface area contributed by atoms with Gasteiger partial charge in [0.15, 0.2) is 5.42 Å². The van der Waals surface area contributed by atoms with E-state index in [-0.39, 0.29) is 5.89 Å². The van der Waals surface area contributed by atoms with Crippen LogP contribution < -0.4 is 16.1 Å². The van der Waals surface area contributed by atoms with Gasteiger partial charge in [0.25, 0.3) is 11.9 Å². The topological polar surface area (TPSA) is 92.4 Å². The van der Waals surface area contributed by atoms with E-state index >= 15 is 0 Å². The molecule has 1 heterocycles. The van der Waals surface area contributed by atoms with Crippen molar-refractivity contribution in [2.24, 2.45) is 0 Å². The van der Waals surface area contributed by atoms with Crippen LogP contribution in [-0.4, -0.2) is 29.4 Å². The number of alkyl halides is 3. The van der Waals surface area contributed by atoms with Crippen LogP contribution >= 0.6 is 11.8 Å². The van der Waals surface area contributed by atoms with Crippen LogP contribution in [0.5, 0.6) is 0 Å². The number of hydrogen-bond donors (Lipinski definition) is 2. The molecule has 2 rings (SSSR count). The maximum absolute atomic E-state index is 12.4. The van der Waals surface area contributed by atoms with E-state index in [4.69, 9.17) is 14.3 Å². The van der Waals surface area contributed by atoms with Gasteiger partial charge in [0.1, 0.15) is 5.35 Å². The zero-order valence-corrected chi connectivity index (χ0v) is 20.1. The fraction of sp³-hybridized carbons (Fsp3) is 0.208. The number of nitrogens with one attached hydrogen (secondary N) is 1. The second-order valence-electron chi connectivity index (χ2n) is 6.30. The number of aromatic nitrogens is 1. The molecule has 1 aromatic carbocycles. The minimum Gasteiger partial charge on any atom is -0.481 e. The predicted octanol–water partition coefficient (Wildman–Crippen LogP) is 4.83. The highest BCUT2D eigenvalue weighted by Gasteiger charge is 2.29. The third kappa shape index (κ3) is 11.9. The van der Waals surface area contributed by atoms with E-state index in [1.165, 1.54) is 23.9 Å². The van der Waals surface area contributed by atoms with E-state index in [2.05, 4.69) is 23.5 Å². The number of rotatable bonds is 6. The fourth-order valence-corrected chi connectivity index (χ4v) is 2.63. The molecule has 0 aliphatic carbocycles. The van der Waals surface area contributed by atoms with Gasteiger partial charge < -0.3 is 14.8 Å². The summed E-state index contributed by atoms with van der Waals surface area (Å²) < 4.78 is 42.2. The van der Waals surface area contributed by atoms with Gasteiger partial charge in [-0.3, -0.25) is 9.59 Å². The standard InChI is InChI=1S/C13H14F3NS.C9H9NO2.C2H4O2/c1-9(8-18-10(2)17-3)11-4-6-12(7-5-11)13(14,15)16;1-3-5-8-7(4-2)10-9(6-11)12-8;1-2(3)4/h4-8,17H,2H2,1,3H3;3-6H,1H2,2H3;1H3,(H,3,4)/b9-8+;7-4+,8-5+;. The smallest absolute Gasteiger partial charge is 0.416 e. The molecule has 0 aliphatic rings. The molecule has 0 amide bonds. The van der Waals surface area contributed by atoms with Crippen molar-refractivity contribution in [2.75, 3.05) is 7.05 Å². The molecular weight excluding hydrogens is 469 g/mol. The quantitative estimate of drug-likeness (QED) is 0.553. The number of thioether (sulfide) groups is 1. The van der Waals surface area contributed by atoms with Gasteiger partial charge in [-0.1, -0.05) is 49.2 Å². The van der Waals surface area contributed by atoms with Crippen molar-refractivity contribution in [3.63, 3.8) is 0 Å². The Morgan fingerprint density at radius 2 is 1.79 bits per heavy atom. The molecule has 0 unspecified atom stereocenters. The lowest BCUT2D eigenvalue weighted by molar-refractivity contribution is -0.137. The first-order valence-corrected chi connectivity index (χ1v) is 10.6. The van der Waals surface area contributed by atoms with Crippen molar-refractivity contribution in [2.45, 2.75) is 26.9 Å². The van der Waals surface area contributed by atoms with E-state index in [1.54, 1.807) is 25.3 Å². The van der Waals surface area contributed by atoms with Crippen molar-refractivity contribution in [1.82, 2.24) is 10.3 Å². The molecule has 2 N–H and O–H groups in total. The Bertz CT molecular complexity index is 1110. The lowest BCUT2D eigenvalue weighted by Gasteiger charge is -2.08. The number of carbonyl (C=O) groups excluding carboxylic acids is 1. The number of carbonyl (C=O) groups is 2. The SMILES string of the molecule is C=C(NC)S/C=C(\C)c1ccc(C(F)(F)F)cc1.C=C/C=c1/oc(C=O)n/c1=C/C.CC(=O)O. The van der Waals surface area contributed by atoms with Crippen LogP contribution in [0.1, 0.15) is 42.6 Å². The van der Waals surface area contributed by atoms with Crippen LogP contribution in [0.15, 0.2) is 58.4 Å². The molecule has 0 aliphatic heterocycles. The highest BCUT2D eigenvalue weighted by atomic mass is 32.2. The summed E-state index contributed by atoms with van der Waals surface area (Å²) in [5.41, 5.74) is 1.59. The van der Waals surface area contributed by atoms with Gasteiger partial charge in [0.05, 0.1) is 10.6 Å². The Labute approximate surface area is 200 Å². The van der Waals surface area contributed by atoms with Gasteiger partial charge in [0.2, 0.25) is 6.29 Å². The minimum absolute atomic E-state index is 0.0937. The summed E-state index contributed by atoms with van der Waals surface area (Å²) in [4.78, 5) is 23.2. The molecule has 0 saturated heterocycles. The maximum Gasteiger partial charge on any atom is 0.416 e. The Hall–Kier alpha value is -3.53. The molecule has 0 bridgehead atoms. The summed E-state index contributed by atoms with van der Waals surface area (Å²) in [6.45, 7) is 12.0. The number of nitrogens with zero attached hydrogens (tertiary/aromatic N) is 1. The molecular formula is C24H27F3N2O4S. The van der Waals surface area contributed by atoms with E-state index in [0.717, 1.165) is 35.2 Å². The Morgan fingerprint density at radius 1 is 1.24 bits per heavy atom. The monoisotopic (exact) mass is 496 g/mol. The zero-order chi connectivity index (χ0) is 26.3. The first-order valence-electron chi connectivity index (χ1n) is 9.67. The van der Waals surface area contributed by atoms with Gasteiger partial charge in [-0.25, -0.2) is 4.98 Å². The maximum atomic E-state index is 12.4. The first kappa shape index (κ1) is 30.5. The van der Waals surface area contributed by atoms with Gasteiger partial charge >= 0.3 is 6.18 Å². The average molecular weight is 497 g/mol. The largest absolute Gasteiger partial charge is 0.481 e. The lowest BCUT2D eigenvalue weighted by Crippen LogP contribution is -2.20. The fourth-order valence-electron chi connectivity index (χ4n) is 2.05. The van der Waals surface area contributed by atoms with Gasteiger partial charge in [-0.15, -0.1) is 0 Å². The van der Waals surface area contributed by atoms with Crippen molar-refractivity contribution in [1.29, 1.82) is 0 Å². The first-order chi connectivity index (χ1) is 15.9. The van der Waals surface area contributed by atoms with Crippen molar-refractivity contribution in [3.8, 4) is 0 Å². The highest BCUT2D eigenvalue weighted by molar-refractivity contribution is 8.05. The number of aliphatic carboxylic acids is 1. The van der Waals surface area contributed by atoms with E-state index < -0.39 is 17.7 Å². The third-order valence-corrected chi connectivity index (χ3v) is 4.63. The Balaban J connectivity index is 0.000000584. The van der Waals surface area contributed by atoms with Crippen molar-refractivity contribution >= 4 is 41.7 Å². The second kappa shape index (κ2) is 15.3. The average Bonchev–Trinajstić information content (AvgIpc) is 3.19. The van der Waals surface area contributed by atoms with Crippen LogP contribution in [0.3, 0.4) is 0 Å².